The summed E-state index contributed by atoms with van der Waals surface area (Å²) < 4.78 is 1.59. The Hall–Kier alpha value is -1.94. The van der Waals surface area contributed by atoms with E-state index in [1.165, 1.54) is 37.1 Å². The third-order valence-corrected chi connectivity index (χ3v) is 5.53. The first-order valence-corrected chi connectivity index (χ1v) is 8.58. The van der Waals surface area contributed by atoms with Crippen molar-refractivity contribution in [1.82, 2.24) is 14.7 Å². The van der Waals surface area contributed by atoms with Crippen molar-refractivity contribution in [2.45, 2.75) is 44.6 Å². The Morgan fingerprint density at radius 1 is 1.17 bits per heavy atom. The normalized spacial score (nSPS) is 24.6. The molecule has 1 saturated heterocycles. The third kappa shape index (κ3) is 2.32. The van der Waals surface area contributed by atoms with Crippen LogP contribution in [-0.2, 0) is 18.4 Å². The average molecular weight is 309 g/mol. The SMILES string of the molecule is CC(=O)n1ncc2c1CCC(c1ccccc1)(N1CCCC1)C2. The summed E-state index contributed by atoms with van der Waals surface area (Å²) in [6.45, 7) is 3.93. The molecule has 0 amide bonds. The molecule has 120 valence electrons. The summed E-state index contributed by atoms with van der Waals surface area (Å²) >= 11 is 0. The fourth-order valence-electron chi connectivity index (χ4n) is 4.41. The number of hydrogen-bond acceptors (Lipinski definition) is 3. The van der Waals surface area contributed by atoms with Gasteiger partial charge in [-0.1, -0.05) is 30.3 Å². The summed E-state index contributed by atoms with van der Waals surface area (Å²) in [4.78, 5) is 14.4. The van der Waals surface area contributed by atoms with E-state index in [0.717, 1.165) is 25.0 Å². The predicted molar refractivity (Wildman–Crippen MR) is 89.5 cm³/mol. The maximum Gasteiger partial charge on any atom is 0.243 e. The molecule has 0 radical (unpaired) electrons. The Bertz CT molecular complexity index is 715. The van der Waals surface area contributed by atoms with Crippen LogP contribution >= 0.6 is 0 Å². The largest absolute Gasteiger partial charge is 0.293 e. The maximum atomic E-state index is 11.8. The highest BCUT2D eigenvalue weighted by atomic mass is 16.2. The molecule has 2 heterocycles. The first kappa shape index (κ1) is 14.6. The van der Waals surface area contributed by atoms with Gasteiger partial charge in [-0.05, 0) is 56.3 Å². The lowest BCUT2D eigenvalue weighted by atomic mass is 9.74. The maximum absolute atomic E-state index is 11.8. The van der Waals surface area contributed by atoms with Gasteiger partial charge in [-0.3, -0.25) is 9.69 Å². The van der Waals surface area contributed by atoms with Gasteiger partial charge in [-0.25, -0.2) is 4.68 Å². The van der Waals surface area contributed by atoms with Crippen molar-refractivity contribution in [3.63, 3.8) is 0 Å². The average Bonchev–Trinajstić information content (AvgIpc) is 3.24. The van der Waals surface area contributed by atoms with Crippen LogP contribution < -0.4 is 0 Å². The van der Waals surface area contributed by atoms with E-state index >= 15 is 0 Å². The lowest BCUT2D eigenvalue weighted by Gasteiger charge is -2.45. The second-order valence-corrected chi connectivity index (χ2v) is 6.82. The molecule has 4 nitrogen and oxygen atoms in total. The number of fused-ring (bicyclic) bond motifs is 1. The number of nitrogens with zero attached hydrogens (tertiary/aromatic N) is 3. The zero-order valence-corrected chi connectivity index (χ0v) is 13.7. The number of benzene rings is 1. The van der Waals surface area contributed by atoms with E-state index in [0.29, 0.717) is 0 Å². The van der Waals surface area contributed by atoms with Crippen LogP contribution in [0.1, 0.15) is 47.8 Å². The molecule has 1 aliphatic heterocycles. The van der Waals surface area contributed by atoms with Crippen molar-refractivity contribution >= 4 is 5.91 Å². The first-order valence-electron chi connectivity index (χ1n) is 8.58. The molecule has 1 unspecified atom stereocenters. The van der Waals surface area contributed by atoms with E-state index in [1.807, 2.05) is 6.20 Å². The summed E-state index contributed by atoms with van der Waals surface area (Å²) in [6, 6.07) is 10.9. The smallest absolute Gasteiger partial charge is 0.243 e. The van der Waals surface area contributed by atoms with Crippen LogP contribution in [-0.4, -0.2) is 33.7 Å². The topological polar surface area (TPSA) is 38.1 Å². The van der Waals surface area contributed by atoms with E-state index in [9.17, 15) is 4.79 Å². The van der Waals surface area contributed by atoms with Crippen LogP contribution in [0.5, 0.6) is 0 Å². The Balaban J connectivity index is 1.77. The van der Waals surface area contributed by atoms with Crippen molar-refractivity contribution in [2.75, 3.05) is 13.1 Å². The fourth-order valence-corrected chi connectivity index (χ4v) is 4.41. The quantitative estimate of drug-likeness (QED) is 0.856. The van der Waals surface area contributed by atoms with Gasteiger partial charge in [0.2, 0.25) is 5.91 Å². The van der Waals surface area contributed by atoms with Gasteiger partial charge in [0.1, 0.15) is 0 Å². The molecule has 1 aromatic heterocycles. The van der Waals surface area contributed by atoms with Crippen LogP contribution in [0.3, 0.4) is 0 Å². The minimum atomic E-state index is 0.0135. The summed E-state index contributed by atoms with van der Waals surface area (Å²) in [7, 11) is 0. The Labute approximate surface area is 137 Å². The number of hydrogen-bond donors (Lipinski definition) is 0. The molecule has 4 rings (SSSR count). The highest BCUT2D eigenvalue weighted by Gasteiger charge is 2.43. The van der Waals surface area contributed by atoms with Gasteiger partial charge < -0.3 is 0 Å². The van der Waals surface area contributed by atoms with E-state index < -0.39 is 0 Å². The van der Waals surface area contributed by atoms with Crippen molar-refractivity contribution in [1.29, 1.82) is 0 Å². The Morgan fingerprint density at radius 2 is 1.91 bits per heavy atom. The molecule has 23 heavy (non-hydrogen) atoms. The zero-order chi connectivity index (χ0) is 15.9. The van der Waals surface area contributed by atoms with Crippen molar-refractivity contribution in [3.05, 3.63) is 53.3 Å². The summed E-state index contributed by atoms with van der Waals surface area (Å²) in [5, 5.41) is 4.33. The lowest BCUT2D eigenvalue weighted by Crippen LogP contribution is -2.48. The number of aromatic nitrogens is 2. The minimum Gasteiger partial charge on any atom is -0.293 e. The van der Waals surface area contributed by atoms with Crippen LogP contribution in [0.4, 0.5) is 0 Å². The van der Waals surface area contributed by atoms with Gasteiger partial charge in [0.05, 0.1) is 17.4 Å². The monoisotopic (exact) mass is 309 g/mol. The highest BCUT2D eigenvalue weighted by molar-refractivity contribution is 5.76. The van der Waals surface area contributed by atoms with Gasteiger partial charge in [-0.15, -0.1) is 0 Å². The van der Waals surface area contributed by atoms with Crippen LogP contribution in [0.25, 0.3) is 0 Å². The van der Waals surface area contributed by atoms with Gasteiger partial charge in [0.25, 0.3) is 0 Å². The summed E-state index contributed by atoms with van der Waals surface area (Å²) in [5.41, 5.74) is 3.82. The summed E-state index contributed by atoms with van der Waals surface area (Å²) in [5.74, 6) is 0.0135. The first-order chi connectivity index (χ1) is 11.2. The third-order valence-electron chi connectivity index (χ3n) is 5.53. The van der Waals surface area contributed by atoms with E-state index in [4.69, 9.17) is 0 Å². The highest BCUT2D eigenvalue weighted by Crippen LogP contribution is 2.42. The molecular formula is C19H23N3O. The number of carbonyl (C=O) groups excluding carboxylic acids is 1. The van der Waals surface area contributed by atoms with Gasteiger partial charge in [0.15, 0.2) is 0 Å². The standard InChI is InChI=1S/C19H23N3O/c1-15(23)22-18-9-10-19(13-16(18)14-20-22,21-11-5-6-12-21)17-7-3-2-4-8-17/h2-4,7-8,14H,5-6,9-13H2,1H3. The molecule has 1 aromatic carbocycles. The van der Waals surface area contributed by atoms with Crippen molar-refractivity contribution in [3.8, 4) is 0 Å². The summed E-state index contributed by atoms with van der Waals surface area (Å²) in [6.07, 6.45) is 7.41. The second kappa shape index (κ2) is 5.60. The number of carbonyl (C=O) groups is 1. The van der Waals surface area contributed by atoms with E-state index in [1.54, 1.807) is 11.6 Å². The lowest BCUT2D eigenvalue weighted by molar-refractivity contribution is 0.0882. The fraction of sp³-hybridized carbons (Fsp3) is 0.474. The molecule has 1 fully saturated rings. The molecule has 2 aromatic rings. The molecule has 1 aliphatic carbocycles. The molecule has 0 N–H and O–H groups in total. The molecule has 2 aliphatic rings. The minimum absolute atomic E-state index is 0.0135. The number of likely N-dealkylation sites (tertiary alicyclic amines) is 1. The van der Waals surface area contributed by atoms with E-state index in [-0.39, 0.29) is 11.4 Å². The van der Waals surface area contributed by atoms with E-state index in [2.05, 4.69) is 40.3 Å². The van der Waals surface area contributed by atoms with Crippen LogP contribution in [0, 0.1) is 0 Å². The molecule has 1 atom stereocenters. The molecule has 0 saturated carbocycles. The number of rotatable bonds is 2. The Morgan fingerprint density at radius 3 is 2.61 bits per heavy atom. The Kier molecular flexibility index (Phi) is 3.57. The van der Waals surface area contributed by atoms with Crippen molar-refractivity contribution < 1.29 is 4.79 Å². The zero-order valence-electron chi connectivity index (χ0n) is 13.7. The second-order valence-electron chi connectivity index (χ2n) is 6.82. The van der Waals surface area contributed by atoms with Gasteiger partial charge in [-0.2, -0.15) is 5.10 Å². The van der Waals surface area contributed by atoms with Crippen LogP contribution in [0.2, 0.25) is 0 Å². The predicted octanol–water partition coefficient (Wildman–Crippen LogP) is 3.02. The van der Waals surface area contributed by atoms with Crippen molar-refractivity contribution in [2.24, 2.45) is 0 Å². The molecule has 4 heteroatoms. The van der Waals surface area contributed by atoms with Gasteiger partial charge >= 0.3 is 0 Å². The van der Waals surface area contributed by atoms with Gasteiger partial charge in [0, 0.05) is 6.92 Å². The molecule has 0 bridgehead atoms. The molecule has 0 spiro atoms. The molecular weight excluding hydrogens is 286 g/mol. The van der Waals surface area contributed by atoms with Crippen LogP contribution in [0.15, 0.2) is 36.5 Å².